The van der Waals surface area contributed by atoms with E-state index in [2.05, 4.69) is 0 Å². The lowest BCUT2D eigenvalue weighted by Gasteiger charge is -2.34. The summed E-state index contributed by atoms with van der Waals surface area (Å²) in [5.41, 5.74) is -0.804. The minimum Gasteiger partial charge on any atom is -0.336 e. The molecule has 168 valence electrons. The van der Waals surface area contributed by atoms with E-state index in [9.17, 15) is 34.8 Å². The summed E-state index contributed by atoms with van der Waals surface area (Å²) in [6.07, 6.45) is -3.61. The van der Waals surface area contributed by atoms with E-state index in [1.54, 1.807) is 0 Å². The van der Waals surface area contributed by atoms with Crippen LogP contribution in [0.1, 0.15) is 15.9 Å². The van der Waals surface area contributed by atoms with Crippen molar-refractivity contribution in [3.63, 3.8) is 0 Å². The second kappa shape index (κ2) is 8.24. The van der Waals surface area contributed by atoms with Gasteiger partial charge >= 0.3 is 6.18 Å². The van der Waals surface area contributed by atoms with Crippen molar-refractivity contribution >= 4 is 25.8 Å². The molecule has 0 spiro atoms. The molecule has 0 N–H and O–H groups in total. The lowest BCUT2D eigenvalue weighted by Crippen LogP contribution is -2.50. The molecule has 31 heavy (non-hydrogen) atoms. The fourth-order valence-electron chi connectivity index (χ4n) is 3.14. The Bertz CT molecular complexity index is 1190. The van der Waals surface area contributed by atoms with Crippen LogP contribution in [0.15, 0.2) is 58.3 Å². The second-order valence-electron chi connectivity index (χ2n) is 7.02. The summed E-state index contributed by atoms with van der Waals surface area (Å²) >= 11 is 0. The zero-order chi connectivity index (χ0) is 23.0. The lowest BCUT2D eigenvalue weighted by atomic mass is 10.2. The van der Waals surface area contributed by atoms with E-state index in [-0.39, 0.29) is 36.6 Å². The molecule has 1 fully saturated rings. The highest BCUT2D eigenvalue weighted by Crippen LogP contribution is 2.31. The van der Waals surface area contributed by atoms with E-state index < -0.39 is 42.4 Å². The monoisotopic (exact) mass is 476 g/mol. The number of carbonyl (C=O) groups excluding carboxylic acids is 1. The summed E-state index contributed by atoms with van der Waals surface area (Å²) < 4.78 is 88.3. The van der Waals surface area contributed by atoms with E-state index in [4.69, 9.17) is 0 Å². The average Bonchev–Trinajstić information content (AvgIpc) is 2.72. The Balaban J connectivity index is 1.71. The molecule has 0 bridgehead atoms. The number of amides is 1. The summed E-state index contributed by atoms with van der Waals surface area (Å²) in [5.74, 6) is -0.392. The van der Waals surface area contributed by atoms with Crippen molar-refractivity contribution in [2.24, 2.45) is 0 Å². The van der Waals surface area contributed by atoms with Gasteiger partial charge in [0, 0.05) is 38.0 Å². The highest BCUT2D eigenvalue weighted by atomic mass is 32.2. The van der Waals surface area contributed by atoms with Crippen molar-refractivity contribution in [2.75, 3.05) is 32.4 Å². The number of hydrogen-bond donors (Lipinski definition) is 0. The number of rotatable bonds is 4. The third-order valence-electron chi connectivity index (χ3n) is 4.85. The lowest BCUT2D eigenvalue weighted by molar-refractivity contribution is -0.137. The SMILES string of the molecule is CS(=O)(=O)c1ccc(C(=O)N2CCN(S(=O)(=O)c3cccc(C(F)(F)F)c3)CC2)cc1. The Morgan fingerprint density at radius 3 is 1.97 bits per heavy atom. The van der Waals surface area contributed by atoms with Gasteiger partial charge in [-0.15, -0.1) is 0 Å². The maximum Gasteiger partial charge on any atom is 0.416 e. The minimum atomic E-state index is -4.66. The maximum absolute atomic E-state index is 12.9. The van der Waals surface area contributed by atoms with Crippen molar-refractivity contribution in [1.82, 2.24) is 9.21 Å². The average molecular weight is 476 g/mol. The molecule has 1 amide bonds. The first kappa shape index (κ1) is 23.2. The summed E-state index contributed by atoms with van der Waals surface area (Å²) in [5, 5.41) is 0. The van der Waals surface area contributed by atoms with Crippen molar-refractivity contribution in [3.8, 4) is 0 Å². The molecule has 0 radical (unpaired) electrons. The van der Waals surface area contributed by atoms with Crippen LogP contribution in [0, 0.1) is 0 Å². The number of carbonyl (C=O) groups is 1. The van der Waals surface area contributed by atoms with Gasteiger partial charge in [0.1, 0.15) is 0 Å². The normalized spacial score (nSPS) is 16.3. The summed E-state index contributed by atoms with van der Waals surface area (Å²) in [7, 11) is -7.55. The first-order valence-corrected chi connectivity index (χ1v) is 12.4. The number of sulfone groups is 1. The van der Waals surface area contributed by atoms with E-state index in [1.807, 2.05) is 0 Å². The van der Waals surface area contributed by atoms with Gasteiger partial charge in [-0.25, -0.2) is 16.8 Å². The quantitative estimate of drug-likeness (QED) is 0.675. The Morgan fingerprint density at radius 1 is 0.871 bits per heavy atom. The Morgan fingerprint density at radius 2 is 1.45 bits per heavy atom. The number of sulfonamides is 1. The zero-order valence-corrected chi connectivity index (χ0v) is 18.0. The third-order valence-corrected chi connectivity index (χ3v) is 7.88. The summed E-state index contributed by atoms with van der Waals surface area (Å²) in [4.78, 5) is 13.6. The smallest absolute Gasteiger partial charge is 0.336 e. The van der Waals surface area contributed by atoms with Crippen molar-refractivity contribution in [2.45, 2.75) is 16.0 Å². The highest BCUT2D eigenvalue weighted by Gasteiger charge is 2.34. The molecule has 2 aromatic carbocycles. The first-order chi connectivity index (χ1) is 14.3. The van der Waals surface area contributed by atoms with E-state index in [0.29, 0.717) is 6.07 Å². The van der Waals surface area contributed by atoms with Crippen LogP contribution < -0.4 is 0 Å². The molecule has 0 aliphatic carbocycles. The van der Waals surface area contributed by atoms with Crippen molar-refractivity contribution in [3.05, 3.63) is 59.7 Å². The van der Waals surface area contributed by atoms with Crippen LogP contribution in [0.2, 0.25) is 0 Å². The number of nitrogens with zero attached hydrogens (tertiary/aromatic N) is 2. The molecule has 0 unspecified atom stereocenters. The number of benzene rings is 2. The van der Waals surface area contributed by atoms with Crippen molar-refractivity contribution < 1.29 is 34.8 Å². The van der Waals surface area contributed by atoms with Gasteiger partial charge in [-0.3, -0.25) is 4.79 Å². The molecule has 1 aliphatic rings. The van der Waals surface area contributed by atoms with Gasteiger partial charge in [0.15, 0.2) is 9.84 Å². The molecule has 1 aliphatic heterocycles. The fourth-order valence-corrected chi connectivity index (χ4v) is 5.24. The zero-order valence-electron chi connectivity index (χ0n) is 16.3. The molecule has 2 aromatic rings. The van der Waals surface area contributed by atoms with Gasteiger partial charge < -0.3 is 4.90 Å². The topological polar surface area (TPSA) is 91.8 Å². The number of hydrogen-bond acceptors (Lipinski definition) is 5. The second-order valence-corrected chi connectivity index (χ2v) is 11.0. The third kappa shape index (κ3) is 5.08. The maximum atomic E-state index is 12.9. The Hall–Kier alpha value is -2.44. The Kier molecular flexibility index (Phi) is 6.18. The first-order valence-electron chi connectivity index (χ1n) is 9.07. The molecule has 1 saturated heterocycles. The molecule has 0 atom stereocenters. The fraction of sp³-hybridized carbons (Fsp3) is 0.316. The number of alkyl halides is 3. The molecular weight excluding hydrogens is 457 g/mol. The van der Waals surface area contributed by atoms with E-state index in [1.165, 1.54) is 29.2 Å². The number of halogens is 3. The summed E-state index contributed by atoms with van der Waals surface area (Å²) in [6.45, 7) is -0.0623. The molecule has 1 heterocycles. The van der Waals surface area contributed by atoms with Crippen LogP contribution in [0.3, 0.4) is 0 Å². The van der Waals surface area contributed by atoms with Crippen LogP contribution in [0.4, 0.5) is 13.2 Å². The van der Waals surface area contributed by atoms with Crippen LogP contribution >= 0.6 is 0 Å². The van der Waals surface area contributed by atoms with Gasteiger partial charge in [0.2, 0.25) is 10.0 Å². The van der Waals surface area contributed by atoms with E-state index in [0.717, 1.165) is 28.8 Å². The molecule has 3 rings (SSSR count). The highest BCUT2D eigenvalue weighted by molar-refractivity contribution is 7.90. The van der Waals surface area contributed by atoms with Gasteiger partial charge in [-0.2, -0.15) is 17.5 Å². The van der Waals surface area contributed by atoms with Gasteiger partial charge in [-0.1, -0.05) is 6.07 Å². The molecular formula is C19H19F3N2O5S2. The van der Waals surface area contributed by atoms with Crippen LogP contribution in [0.25, 0.3) is 0 Å². The number of piperazine rings is 1. The standard InChI is InChI=1S/C19H19F3N2O5S2/c1-30(26,27)16-7-5-14(6-8-16)18(25)23-9-11-24(12-10-23)31(28,29)17-4-2-3-15(13-17)19(20,21)22/h2-8,13H,9-12H2,1H3. The molecule has 0 aromatic heterocycles. The minimum absolute atomic E-state index is 0.0465. The van der Waals surface area contributed by atoms with Crippen molar-refractivity contribution in [1.29, 1.82) is 0 Å². The van der Waals surface area contributed by atoms with Gasteiger partial charge in [0.25, 0.3) is 5.91 Å². The van der Waals surface area contributed by atoms with Gasteiger partial charge in [0.05, 0.1) is 15.4 Å². The molecule has 0 saturated carbocycles. The predicted octanol–water partition coefficient (Wildman–Crippen LogP) is 2.26. The van der Waals surface area contributed by atoms with Crippen LogP contribution in [-0.4, -0.2) is 64.4 Å². The van der Waals surface area contributed by atoms with Crippen LogP contribution in [-0.2, 0) is 26.0 Å². The molecule has 7 nitrogen and oxygen atoms in total. The molecule has 12 heteroatoms. The largest absolute Gasteiger partial charge is 0.416 e. The van der Waals surface area contributed by atoms with Crippen LogP contribution in [0.5, 0.6) is 0 Å². The predicted molar refractivity (Wildman–Crippen MR) is 106 cm³/mol. The van der Waals surface area contributed by atoms with Gasteiger partial charge in [-0.05, 0) is 42.5 Å². The summed E-state index contributed by atoms with van der Waals surface area (Å²) in [6, 6.07) is 8.92. The Labute approximate surface area is 178 Å². The van der Waals surface area contributed by atoms with E-state index >= 15 is 0 Å².